The van der Waals surface area contributed by atoms with Gasteiger partial charge in [-0.25, -0.2) is 4.39 Å². The lowest BCUT2D eigenvalue weighted by molar-refractivity contribution is 0.263. The number of halogens is 1. The van der Waals surface area contributed by atoms with Gasteiger partial charge in [-0.2, -0.15) is 5.26 Å². The smallest absolute Gasteiger partial charge is 0.127 e. The number of nitrogens with zero attached hydrogens (tertiary/aromatic N) is 2. The van der Waals surface area contributed by atoms with E-state index in [9.17, 15) is 9.65 Å². The van der Waals surface area contributed by atoms with Crippen molar-refractivity contribution in [2.24, 2.45) is 5.41 Å². The number of thioether (sulfide) groups is 1. The maximum atomic E-state index is 14.4. The van der Waals surface area contributed by atoms with Crippen LogP contribution in [-0.2, 0) is 0 Å². The highest BCUT2D eigenvalue weighted by Crippen LogP contribution is 2.39. The molecule has 0 unspecified atom stereocenters. The van der Waals surface area contributed by atoms with Gasteiger partial charge in [0, 0.05) is 35.3 Å². The standard InChI is InChI=1S/C26H37FN2S/c1-11-21(16-25(6,7)17-28)14-24(30-12-2)19(4)20(5)29(10)23-15-22(13-18(23)3)26(8,9)27/h11,13-14H,4-5,12,15-16H2,1-3,6-10H3/b21-11+,24-14+. The zero-order valence-corrected chi connectivity index (χ0v) is 20.8. The summed E-state index contributed by atoms with van der Waals surface area (Å²) in [5.41, 5.74) is 3.90. The fourth-order valence-electron chi connectivity index (χ4n) is 3.31. The second-order valence-corrected chi connectivity index (χ2v) is 10.2. The van der Waals surface area contributed by atoms with Crippen molar-refractivity contribution in [3.63, 3.8) is 0 Å². The Morgan fingerprint density at radius 2 is 1.93 bits per heavy atom. The Hall–Kier alpha value is -1.99. The van der Waals surface area contributed by atoms with Gasteiger partial charge in [-0.1, -0.05) is 32.2 Å². The molecule has 2 nitrogen and oxygen atoms in total. The molecule has 0 fully saturated rings. The number of hydrogen-bond donors (Lipinski definition) is 0. The minimum atomic E-state index is -1.33. The molecule has 0 aliphatic heterocycles. The van der Waals surface area contributed by atoms with E-state index in [2.05, 4.69) is 38.3 Å². The lowest BCUT2D eigenvalue weighted by Gasteiger charge is -2.28. The topological polar surface area (TPSA) is 27.0 Å². The monoisotopic (exact) mass is 428 g/mol. The van der Waals surface area contributed by atoms with E-state index in [1.807, 2.05) is 45.7 Å². The highest BCUT2D eigenvalue weighted by molar-refractivity contribution is 8.03. The Balaban J connectivity index is 3.11. The molecule has 0 spiro atoms. The van der Waals surface area contributed by atoms with Crippen molar-refractivity contribution in [1.82, 2.24) is 4.90 Å². The Morgan fingerprint density at radius 1 is 1.33 bits per heavy atom. The molecule has 4 heteroatoms. The molecule has 0 bridgehead atoms. The zero-order valence-electron chi connectivity index (χ0n) is 19.9. The van der Waals surface area contributed by atoms with Gasteiger partial charge in [0.2, 0.25) is 0 Å². The molecule has 1 rings (SSSR count). The van der Waals surface area contributed by atoms with Crippen LogP contribution in [0.15, 0.2) is 70.0 Å². The fourth-order valence-corrected chi connectivity index (χ4v) is 4.15. The number of allylic oxidation sites excluding steroid dienone is 7. The molecule has 1 aliphatic rings. The summed E-state index contributed by atoms with van der Waals surface area (Å²) in [4.78, 5) is 3.08. The van der Waals surface area contributed by atoms with Crippen LogP contribution in [0.25, 0.3) is 0 Å². The van der Waals surface area contributed by atoms with E-state index in [1.165, 1.54) is 0 Å². The molecule has 0 saturated heterocycles. The molecule has 1 aliphatic carbocycles. The van der Waals surface area contributed by atoms with Crippen molar-refractivity contribution in [2.75, 3.05) is 12.8 Å². The minimum absolute atomic E-state index is 0.428. The van der Waals surface area contributed by atoms with Gasteiger partial charge in [0.1, 0.15) is 5.67 Å². The van der Waals surface area contributed by atoms with E-state index < -0.39 is 11.1 Å². The molecule has 0 aromatic rings. The van der Waals surface area contributed by atoms with E-state index in [-0.39, 0.29) is 0 Å². The summed E-state index contributed by atoms with van der Waals surface area (Å²) < 4.78 is 14.4. The van der Waals surface area contributed by atoms with Gasteiger partial charge in [-0.15, -0.1) is 11.8 Å². The zero-order chi connectivity index (χ0) is 23.3. The van der Waals surface area contributed by atoms with E-state index >= 15 is 0 Å². The van der Waals surface area contributed by atoms with Crippen molar-refractivity contribution >= 4 is 11.8 Å². The molecular weight excluding hydrogens is 391 g/mol. The maximum absolute atomic E-state index is 14.4. The minimum Gasteiger partial charge on any atom is -0.348 e. The molecule has 0 aromatic carbocycles. The van der Waals surface area contributed by atoms with Crippen LogP contribution in [0.1, 0.15) is 61.3 Å². The average Bonchev–Trinajstić information content (AvgIpc) is 3.07. The van der Waals surface area contributed by atoms with Gasteiger partial charge in [-0.3, -0.25) is 0 Å². The number of nitriles is 1. The van der Waals surface area contributed by atoms with Crippen molar-refractivity contribution in [3.05, 3.63) is 70.0 Å². The van der Waals surface area contributed by atoms with E-state index in [4.69, 9.17) is 0 Å². The second kappa shape index (κ2) is 10.4. The molecule has 0 aromatic heterocycles. The van der Waals surface area contributed by atoms with Crippen LogP contribution in [0.3, 0.4) is 0 Å². The van der Waals surface area contributed by atoms with Crippen molar-refractivity contribution in [2.45, 2.75) is 67.0 Å². The number of likely N-dealkylation sites (N-methyl/N-ethyl adjacent to an activating group) is 1. The van der Waals surface area contributed by atoms with Gasteiger partial charge < -0.3 is 4.90 Å². The molecule has 0 radical (unpaired) electrons. The largest absolute Gasteiger partial charge is 0.348 e. The third-order valence-electron chi connectivity index (χ3n) is 5.36. The summed E-state index contributed by atoms with van der Waals surface area (Å²) in [6.07, 6.45) is 7.37. The van der Waals surface area contributed by atoms with Crippen molar-refractivity contribution in [3.8, 4) is 6.07 Å². The summed E-state index contributed by atoms with van der Waals surface area (Å²) in [6.45, 7) is 21.8. The van der Waals surface area contributed by atoms with E-state index in [0.717, 1.165) is 44.3 Å². The van der Waals surface area contributed by atoms with Gasteiger partial charge in [0.15, 0.2) is 0 Å². The summed E-state index contributed by atoms with van der Waals surface area (Å²) in [5.74, 6) is 0.907. The van der Waals surface area contributed by atoms with Crippen LogP contribution >= 0.6 is 11.8 Å². The molecule has 0 saturated carbocycles. The molecule has 0 atom stereocenters. The summed E-state index contributed by atoms with van der Waals surface area (Å²) >= 11 is 1.72. The van der Waals surface area contributed by atoms with Crippen LogP contribution in [0, 0.1) is 16.7 Å². The van der Waals surface area contributed by atoms with Crippen LogP contribution in [-0.4, -0.2) is 23.4 Å². The molecule has 0 amide bonds. The molecule has 0 N–H and O–H groups in total. The predicted molar refractivity (Wildman–Crippen MR) is 131 cm³/mol. The fraction of sp³-hybridized carbons (Fsp3) is 0.500. The quantitative estimate of drug-likeness (QED) is 0.331. The highest BCUT2D eigenvalue weighted by atomic mass is 32.2. The van der Waals surface area contributed by atoms with Crippen LogP contribution in [0.5, 0.6) is 0 Å². The first-order valence-corrected chi connectivity index (χ1v) is 11.4. The van der Waals surface area contributed by atoms with E-state index in [1.54, 1.807) is 25.6 Å². The normalized spacial score (nSPS) is 15.8. The summed E-state index contributed by atoms with van der Waals surface area (Å²) in [5, 5.41) is 9.39. The molecule has 164 valence electrons. The Morgan fingerprint density at radius 3 is 2.37 bits per heavy atom. The maximum Gasteiger partial charge on any atom is 0.127 e. The third-order valence-corrected chi connectivity index (χ3v) is 6.32. The number of hydrogen-bond acceptors (Lipinski definition) is 3. The van der Waals surface area contributed by atoms with Gasteiger partial charge >= 0.3 is 0 Å². The molecule has 0 heterocycles. The second-order valence-electron chi connectivity index (χ2n) is 8.91. The summed E-state index contributed by atoms with van der Waals surface area (Å²) in [6, 6.07) is 2.37. The number of rotatable bonds is 10. The lowest BCUT2D eigenvalue weighted by atomic mass is 9.87. The Labute approximate surface area is 187 Å². The van der Waals surface area contributed by atoms with Crippen LogP contribution in [0.4, 0.5) is 4.39 Å². The Kier molecular flexibility index (Phi) is 8.99. The number of alkyl halides is 1. The SMILES string of the molecule is C=C(C(=C)N(C)C1=C(C)C=C(C(C)(C)F)C1)/C(=C\C(=C/C)CC(C)(C)C#N)SCC. The summed E-state index contributed by atoms with van der Waals surface area (Å²) in [7, 11) is 1.97. The predicted octanol–water partition coefficient (Wildman–Crippen LogP) is 7.86. The first-order valence-electron chi connectivity index (χ1n) is 10.4. The first-order chi connectivity index (χ1) is 13.8. The van der Waals surface area contributed by atoms with Crippen LogP contribution < -0.4 is 0 Å². The first kappa shape index (κ1) is 26.0. The highest BCUT2D eigenvalue weighted by Gasteiger charge is 2.29. The van der Waals surface area contributed by atoms with Crippen molar-refractivity contribution < 1.29 is 4.39 Å². The molecule has 30 heavy (non-hydrogen) atoms. The van der Waals surface area contributed by atoms with Gasteiger partial charge in [0.25, 0.3) is 0 Å². The molecular formula is C26H37FN2S. The third kappa shape index (κ3) is 6.77. The Bertz CT molecular complexity index is 854. The van der Waals surface area contributed by atoms with Gasteiger partial charge in [-0.05, 0) is 76.5 Å². The van der Waals surface area contributed by atoms with Crippen LogP contribution in [0.2, 0.25) is 0 Å². The van der Waals surface area contributed by atoms with Crippen molar-refractivity contribution in [1.29, 1.82) is 5.26 Å². The van der Waals surface area contributed by atoms with E-state index in [0.29, 0.717) is 12.8 Å². The van der Waals surface area contributed by atoms with Gasteiger partial charge in [0.05, 0.1) is 11.5 Å². The lowest BCUT2D eigenvalue weighted by Crippen LogP contribution is -2.21. The average molecular weight is 429 g/mol.